The largest absolute Gasteiger partial charge is 0.495 e. The third-order valence-corrected chi connectivity index (χ3v) is 3.50. The van der Waals surface area contributed by atoms with Crippen LogP contribution in [0.3, 0.4) is 0 Å². The van der Waals surface area contributed by atoms with Crippen molar-refractivity contribution in [3.05, 3.63) is 22.7 Å². The molecule has 0 N–H and O–H groups in total. The Labute approximate surface area is 108 Å². The van der Waals surface area contributed by atoms with E-state index < -0.39 is 0 Å². The first-order chi connectivity index (χ1) is 8.11. The highest BCUT2D eigenvalue weighted by molar-refractivity contribution is 6.33. The van der Waals surface area contributed by atoms with Crippen molar-refractivity contribution in [1.82, 2.24) is 4.90 Å². The molecule has 1 aliphatic rings. The highest BCUT2D eigenvalue weighted by atomic mass is 35.5. The molecule has 1 saturated heterocycles. The molecule has 0 atom stereocenters. The number of hydrogen-bond donors (Lipinski definition) is 0. The molecule has 0 spiro atoms. The van der Waals surface area contributed by atoms with Gasteiger partial charge >= 0.3 is 0 Å². The molecular formula is C13H19ClN2O. The van der Waals surface area contributed by atoms with E-state index in [2.05, 4.69) is 16.8 Å². The van der Waals surface area contributed by atoms with Gasteiger partial charge in [0, 0.05) is 26.2 Å². The number of benzene rings is 1. The van der Waals surface area contributed by atoms with Crippen molar-refractivity contribution < 1.29 is 4.74 Å². The van der Waals surface area contributed by atoms with Crippen LogP contribution in [-0.4, -0.2) is 45.2 Å². The third-order valence-electron chi connectivity index (χ3n) is 3.21. The first-order valence-corrected chi connectivity index (χ1v) is 6.27. The van der Waals surface area contributed by atoms with Crippen LogP contribution in [0.25, 0.3) is 0 Å². The number of hydrogen-bond acceptors (Lipinski definition) is 3. The second kappa shape index (κ2) is 5.15. The number of piperazine rings is 1. The lowest BCUT2D eigenvalue weighted by atomic mass is 10.1. The summed E-state index contributed by atoms with van der Waals surface area (Å²) in [6.45, 7) is 6.15. The van der Waals surface area contributed by atoms with Crippen LogP contribution in [-0.2, 0) is 0 Å². The van der Waals surface area contributed by atoms with Gasteiger partial charge in [-0.25, -0.2) is 0 Å². The van der Waals surface area contributed by atoms with Gasteiger partial charge in [0.25, 0.3) is 0 Å². The van der Waals surface area contributed by atoms with Gasteiger partial charge in [-0.1, -0.05) is 11.6 Å². The highest BCUT2D eigenvalue weighted by Crippen LogP contribution is 2.37. The van der Waals surface area contributed by atoms with Crippen molar-refractivity contribution in [2.24, 2.45) is 0 Å². The maximum Gasteiger partial charge on any atom is 0.143 e. The van der Waals surface area contributed by atoms with Crippen LogP contribution in [0.1, 0.15) is 5.56 Å². The SMILES string of the molecule is COc1cc(C)cc(Cl)c1N1CCN(C)CC1. The summed E-state index contributed by atoms with van der Waals surface area (Å²) in [4.78, 5) is 4.63. The van der Waals surface area contributed by atoms with Gasteiger partial charge < -0.3 is 14.5 Å². The van der Waals surface area contributed by atoms with Gasteiger partial charge in [-0.3, -0.25) is 0 Å². The van der Waals surface area contributed by atoms with Crippen LogP contribution in [0.2, 0.25) is 5.02 Å². The average Bonchev–Trinajstić information content (AvgIpc) is 2.30. The lowest BCUT2D eigenvalue weighted by Crippen LogP contribution is -2.44. The second-order valence-corrected chi connectivity index (χ2v) is 5.00. The van der Waals surface area contributed by atoms with E-state index in [1.165, 1.54) is 0 Å². The Morgan fingerprint density at radius 3 is 2.41 bits per heavy atom. The summed E-state index contributed by atoms with van der Waals surface area (Å²) < 4.78 is 5.45. The van der Waals surface area contributed by atoms with E-state index in [1.54, 1.807) is 7.11 Å². The van der Waals surface area contributed by atoms with E-state index in [9.17, 15) is 0 Å². The summed E-state index contributed by atoms with van der Waals surface area (Å²) in [5, 5.41) is 0.784. The molecule has 0 saturated carbocycles. The molecule has 2 rings (SSSR count). The van der Waals surface area contributed by atoms with Crippen molar-refractivity contribution in [3.63, 3.8) is 0 Å². The van der Waals surface area contributed by atoms with Crippen molar-refractivity contribution in [1.29, 1.82) is 0 Å². The summed E-state index contributed by atoms with van der Waals surface area (Å²) in [6, 6.07) is 4.04. The van der Waals surface area contributed by atoms with Gasteiger partial charge in [0.2, 0.25) is 0 Å². The maximum atomic E-state index is 6.35. The first kappa shape index (κ1) is 12.5. The van der Waals surface area contributed by atoms with Crippen LogP contribution in [0, 0.1) is 6.92 Å². The van der Waals surface area contributed by atoms with E-state index in [0.717, 1.165) is 48.2 Å². The molecule has 1 aromatic carbocycles. The molecule has 3 nitrogen and oxygen atoms in total. The Bertz CT molecular complexity index is 401. The number of ether oxygens (including phenoxy) is 1. The standard InChI is InChI=1S/C13H19ClN2O/c1-10-8-11(14)13(12(9-10)17-3)16-6-4-15(2)5-7-16/h8-9H,4-7H2,1-3H3. The topological polar surface area (TPSA) is 15.7 Å². The minimum atomic E-state index is 0.784. The van der Waals surface area contributed by atoms with Crippen LogP contribution in [0.4, 0.5) is 5.69 Å². The molecule has 17 heavy (non-hydrogen) atoms. The van der Waals surface area contributed by atoms with Crippen molar-refractivity contribution in [2.75, 3.05) is 45.2 Å². The summed E-state index contributed by atoms with van der Waals surface area (Å²) in [5.41, 5.74) is 2.16. The van der Waals surface area contributed by atoms with Gasteiger partial charge in [-0.05, 0) is 31.7 Å². The maximum absolute atomic E-state index is 6.35. The van der Waals surface area contributed by atoms with Crippen LogP contribution < -0.4 is 9.64 Å². The summed E-state index contributed by atoms with van der Waals surface area (Å²) in [6.07, 6.45) is 0. The summed E-state index contributed by atoms with van der Waals surface area (Å²) in [7, 11) is 3.84. The number of likely N-dealkylation sites (N-methyl/N-ethyl adjacent to an activating group) is 1. The minimum Gasteiger partial charge on any atom is -0.495 e. The van der Waals surface area contributed by atoms with Gasteiger partial charge in [0.1, 0.15) is 5.75 Å². The predicted molar refractivity (Wildman–Crippen MR) is 72.5 cm³/mol. The zero-order chi connectivity index (χ0) is 12.4. The normalized spacial score (nSPS) is 17.3. The Morgan fingerprint density at radius 1 is 1.18 bits per heavy atom. The third kappa shape index (κ3) is 2.67. The van der Waals surface area contributed by atoms with Crippen LogP contribution in [0.15, 0.2) is 12.1 Å². The zero-order valence-electron chi connectivity index (χ0n) is 10.7. The van der Waals surface area contributed by atoms with Gasteiger partial charge in [-0.2, -0.15) is 0 Å². The number of methoxy groups -OCH3 is 1. The van der Waals surface area contributed by atoms with E-state index in [4.69, 9.17) is 16.3 Å². The molecule has 0 radical (unpaired) electrons. The molecule has 0 aliphatic carbocycles. The zero-order valence-corrected chi connectivity index (χ0v) is 11.4. The smallest absolute Gasteiger partial charge is 0.143 e. The number of nitrogens with zero attached hydrogens (tertiary/aromatic N) is 2. The molecule has 0 amide bonds. The molecule has 94 valence electrons. The van der Waals surface area contributed by atoms with Crippen molar-refractivity contribution in [3.8, 4) is 5.75 Å². The van der Waals surface area contributed by atoms with Crippen LogP contribution in [0.5, 0.6) is 5.75 Å². The highest BCUT2D eigenvalue weighted by Gasteiger charge is 2.20. The van der Waals surface area contributed by atoms with Gasteiger partial charge in [-0.15, -0.1) is 0 Å². The number of halogens is 1. The molecule has 1 heterocycles. The fourth-order valence-corrected chi connectivity index (χ4v) is 2.58. The van der Waals surface area contributed by atoms with Gasteiger partial charge in [0.05, 0.1) is 17.8 Å². The minimum absolute atomic E-state index is 0.784. The first-order valence-electron chi connectivity index (χ1n) is 5.89. The van der Waals surface area contributed by atoms with E-state index >= 15 is 0 Å². The molecule has 0 bridgehead atoms. The summed E-state index contributed by atoms with van der Waals surface area (Å²) in [5.74, 6) is 0.875. The lowest BCUT2D eigenvalue weighted by Gasteiger charge is -2.35. The Kier molecular flexibility index (Phi) is 3.79. The number of rotatable bonds is 2. The molecule has 1 aromatic rings. The van der Waals surface area contributed by atoms with Gasteiger partial charge in [0.15, 0.2) is 0 Å². The molecule has 0 unspecified atom stereocenters. The van der Waals surface area contributed by atoms with E-state index in [1.807, 2.05) is 19.1 Å². The monoisotopic (exact) mass is 254 g/mol. The van der Waals surface area contributed by atoms with E-state index in [-0.39, 0.29) is 0 Å². The quantitative estimate of drug-likeness (QED) is 0.806. The second-order valence-electron chi connectivity index (χ2n) is 4.59. The number of anilines is 1. The Hall–Kier alpha value is -0.930. The molecule has 4 heteroatoms. The Balaban J connectivity index is 2.31. The predicted octanol–water partition coefficient (Wildman–Crippen LogP) is 2.41. The number of aryl methyl sites for hydroxylation is 1. The molecule has 1 aliphatic heterocycles. The molecular weight excluding hydrogens is 236 g/mol. The average molecular weight is 255 g/mol. The lowest BCUT2D eigenvalue weighted by molar-refractivity contribution is 0.311. The molecule has 1 fully saturated rings. The Morgan fingerprint density at radius 2 is 1.82 bits per heavy atom. The van der Waals surface area contributed by atoms with Crippen molar-refractivity contribution in [2.45, 2.75) is 6.92 Å². The van der Waals surface area contributed by atoms with Crippen LogP contribution >= 0.6 is 11.6 Å². The summed E-state index contributed by atoms with van der Waals surface area (Å²) >= 11 is 6.35. The van der Waals surface area contributed by atoms with E-state index in [0.29, 0.717) is 0 Å². The fourth-order valence-electron chi connectivity index (χ4n) is 2.20. The van der Waals surface area contributed by atoms with Crippen molar-refractivity contribution >= 4 is 17.3 Å². The molecule has 0 aromatic heterocycles. The fraction of sp³-hybridized carbons (Fsp3) is 0.538.